The van der Waals surface area contributed by atoms with Gasteiger partial charge >= 0.3 is 0 Å². The summed E-state index contributed by atoms with van der Waals surface area (Å²) in [4.78, 5) is 27.3. The summed E-state index contributed by atoms with van der Waals surface area (Å²) in [6.45, 7) is 3.27. The quantitative estimate of drug-likeness (QED) is 0.535. The van der Waals surface area contributed by atoms with Crippen LogP contribution in [0.3, 0.4) is 0 Å². The first-order chi connectivity index (χ1) is 14.7. The van der Waals surface area contributed by atoms with Gasteiger partial charge in [0.25, 0.3) is 5.91 Å². The van der Waals surface area contributed by atoms with E-state index in [0.29, 0.717) is 18.2 Å². The zero-order valence-corrected chi connectivity index (χ0v) is 16.9. The van der Waals surface area contributed by atoms with Crippen LogP contribution in [0.15, 0.2) is 60.8 Å². The fraction of sp³-hybridized carbons (Fsp3) is 0.208. The fourth-order valence-corrected chi connectivity index (χ4v) is 4.08. The topological polar surface area (TPSA) is 73.9 Å². The first-order valence-electron chi connectivity index (χ1n) is 10.2. The van der Waals surface area contributed by atoms with E-state index in [1.54, 1.807) is 6.07 Å². The van der Waals surface area contributed by atoms with Crippen molar-refractivity contribution in [3.63, 3.8) is 0 Å². The van der Waals surface area contributed by atoms with Crippen LogP contribution in [-0.2, 0) is 12.8 Å². The minimum atomic E-state index is -0.172. The zero-order chi connectivity index (χ0) is 20.5. The van der Waals surface area contributed by atoms with E-state index in [-0.39, 0.29) is 5.91 Å². The molecule has 0 spiro atoms. The van der Waals surface area contributed by atoms with Gasteiger partial charge in [0.05, 0.1) is 0 Å². The number of hydrogen-bond acceptors (Lipinski definition) is 4. The highest BCUT2D eigenvalue weighted by Gasteiger charge is 2.23. The Morgan fingerprint density at radius 1 is 1.13 bits per heavy atom. The van der Waals surface area contributed by atoms with Crippen molar-refractivity contribution in [2.45, 2.75) is 19.8 Å². The van der Waals surface area contributed by atoms with Gasteiger partial charge in [0.2, 0.25) is 5.95 Å². The summed E-state index contributed by atoms with van der Waals surface area (Å²) in [6, 6.07) is 18.2. The molecule has 2 aromatic carbocycles. The molecule has 150 valence electrons. The molecule has 6 heteroatoms. The van der Waals surface area contributed by atoms with Crippen molar-refractivity contribution in [2.75, 3.05) is 18.0 Å². The molecular weight excluding hydrogens is 374 g/mol. The molecule has 6 nitrogen and oxygen atoms in total. The van der Waals surface area contributed by atoms with Crippen LogP contribution in [0.25, 0.3) is 10.9 Å². The van der Waals surface area contributed by atoms with Crippen molar-refractivity contribution in [3.05, 3.63) is 83.3 Å². The molecule has 0 aliphatic carbocycles. The van der Waals surface area contributed by atoms with E-state index in [4.69, 9.17) is 0 Å². The molecule has 30 heavy (non-hydrogen) atoms. The molecule has 0 unspecified atom stereocenters. The van der Waals surface area contributed by atoms with E-state index >= 15 is 0 Å². The van der Waals surface area contributed by atoms with Crippen LogP contribution >= 0.6 is 0 Å². The van der Waals surface area contributed by atoms with Crippen LogP contribution in [0.5, 0.6) is 0 Å². The van der Waals surface area contributed by atoms with Gasteiger partial charge in [-0.15, -0.1) is 0 Å². The molecule has 2 N–H and O–H groups in total. The molecule has 5 rings (SSSR count). The number of aryl methyl sites for hydroxylation is 1. The number of rotatable bonds is 5. The third-order valence-corrected chi connectivity index (χ3v) is 5.56. The van der Waals surface area contributed by atoms with Crippen LogP contribution in [0.2, 0.25) is 0 Å². The highest BCUT2D eigenvalue weighted by molar-refractivity contribution is 5.93. The number of benzene rings is 2. The van der Waals surface area contributed by atoms with Crippen molar-refractivity contribution in [1.82, 2.24) is 20.3 Å². The Morgan fingerprint density at radius 2 is 1.97 bits per heavy atom. The number of hydrogen-bond donors (Lipinski definition) is 2. The molecule has 0 saturated carbocycles. The first-order valence-corrected chi connectivity index (χ1v) is 10.2. The monoisotopic (exact) mass is 397 g/mol. The Labute approximate surface area is 175 Å². The lowest BCUT2D eigenvalue weighted by Gasteiger charge is -2.18. The number of anilines is 2. The Morgan fingerprint density at radius 3 is 2.90 bits per heavy atom. The average molecular weight is 397 g/mol. The summed E-state index contributed by atoms with van der Waals surface area (Å²) >= 11 is 0. The van der Waals surface area contributed by atoms with Gasteiger partial charge in [-0.05, 0) is 49.1 Å². The number of H-pyrrole nitrogens is 1. The minimum absolute atomic E-state index is 0.172. The van der Waals surface area contributed by atoms with Gasteiger partial charge in [-0.2, -0.15) is 0 Å². The van der Waals surface area contributed by atoms with Crippen molar-refractivity contribution in [3.8, 4) is 0 Å². The lowest BCUT2D eigenvalue weighted by molar-refractivity contribution is 0.0949. The standard InChI is InChI=1S/C24H23N5O/c1-16-14-21(28-24(27-16)29-13-11-17-6-2-5-9-22(17)29)23(30)25-12-10-18-15-26-20-8-4-3-7-19(18)20/h2-9,14-15,26H,10-13H2,1H3,(H,25,30). The summed E-state index contributed by atoms with van der Waals surface area (Å²) in [6.07, 6.45) is 3.72. The molecule has 0 radical (unpaired) electrons. The number of aromatic nitrogens is 3. The predicted octanol–water partition coefficient (Wildman–Crippen LogP) is 3.93. The highest BCUT2D eigenvalue weighted by atomic mass is 16.1. The summed E-state index contributed by atoms with van der Waals surface area (Å²) in [5.74, 6) is 0.413. The molecule has 2 aromatic heterocycles. The second kappa shape index (κ2) is 7.63. The number of nitrogens with one attached hydrogen (secondary N) is 2. The van der Waals surface area contributed by atoms with E-state index in [0.717, 1.165) is 36.3 Å². The Hall–Kier alpha value is -3.67. The molecule has 1 aliphatic rings. The van der Waals surface area contributed by atoms with Gasteiger partial charge in [-0.25, -0.2) is 9.97 Å². The van der Waals surface area contributed by atoms with E-state index in [2.05, 4.69) is 49.4 Å². The summed E-state index contributed by atoms with van der Waals surface area (Å²) in [7, 11) is 0. The van der Waals surface area contributed by atoms with Gasteiger partial charge in [-0.1, -0.05) is 36.4 Å². The Bertz CT molecular complexity index is 1230. The zero-order valence-electron chi connectivity index (χ0n) is 16.9. The second-order valence-electron chi connectivity index (χ2n) is 7.59. The average Bonchev–Trinajstić information content (AvgIpc) is 3.38. The lowest BCUT2D eigenvalue weighted by Crippen LogP contribution is -2.28. The number of nitrogens with zero attached hydrogens (tertiary/aromatic N) is 3. The number of para-hydroxylation sites is 2. The maximum absolute atomic E-state index is 12.8. The number of aromatic amines is 1. The molecule has 0 bridgehead atoms. The van der Waals surface area contributed by atoms with Crippen LogP contribution < -0.4 is 10.2 Å². The van der Waals surface area contributed by atoms with Gasteiger partial charge in [0.15, 0.2) is 0 Å². The van der Waals surface area contributed by atoms with Crippen molar-refractivity contribution in [2.24, 2.45) is 0 Å². The van der Waals surface area contributed by atoms with Crippen LogP contribution in [0.4, 0.5) is 11.6 Å². The lowest BCUT2D eigenvalue weighted by atomic mass is 10.1. The Balaban J connectivity index is 1.30. The molecule has 1 aliphatic heterocycles. The van der Waals surface area contributed by atoms with E-state index in [1.807, 2.05) is 37.4 Å². The molecule has 3 heterocycles. The van der Waals surface area contributed by atoms with Gasteiger partial charge < -0.3 is 15.2 Å². The summed E-state index contributed by atoms with van der Waals surface area (Å²) in [5, 5.41) is 4.20. The van der Waals surface area contributed by atoms with Gasteiger partial charge in [0, 0.05) is 41.6 Å². The smallest absolute Gasteiger partial charge is 0.270 e. The first kappa shape index (κ1) is 18.4. The van der Waals surface area contributed by atoms with Crippen LogP contribution in [0, 0.1) is 6.92 Å². The fourth-order valence-electron chi connectivity index (χ4n) is 4.08. The number of carbonyl (C=O) groups excluding carboxylic acids is 1. The Kier molecular flexibility index (Phi) is 4.67. The van der Waals surface area contributed by atoms with Crippen molar-refractivity contribution in [1.29, 1.82) is 0 Å². The third kappa shape index (κ3) is 3.41. The van der Waals surface area contributed by atoms with E-state index in [1.165, 1.54) is 16.5 Å². The predicted molar refractivity (Wildman–Crippen MR) is 118 cm³/mol. The summed E-state index contributed by atoms with van der Waals surface area (Å²) in [5.41, 5.74) is 5.90. The van der Waals surface area contributed by atoms with Crippen LogP contribution in [-0.4, -0.2) is 33.9 Å². The number of amides is 1. The van der Waals surface area contributed by atoms with Gasteiger partial charge in [0.1, 0.15) is 5.69 Å². The molecule has 0 fully saturated rings. The van der Waals surface area contributed by atoms with Crippen molar-refractivity contribution >= 4 is 28.4 Å². The van der Waals surface area contributed by atoms with Gasteiger partial charge in [-0.3, -0.25) is 4.79 Å². The molecule has 0 atom stereocenters. The number of fused-ring (bicyclic) bond motifs is 2. The normalized spacial score (nSPS) is 12.9. The maximum atomic E-state index is 12.8. The molecule has 1 amide bonds. The maximum Gasteiger partial charge on any atom is 0.270 e. The second-order valence-corrected chi connectivity index (χ2v) is 7.59. The van der Waals surface area contributed by atoms with Crippen molar-refractivity contribution < 1.29 is 4.79 Å². The molecule has 4 aromatic rings. The van der Waals surface area contributed by atoms with E-state index < -0.39 is 0 Å². The SMILES string of the molecule is Cc1cc(C(=O)NCCc2c[nH]c3ccccc23)nc(N2CCc3ccccc32)n1. The minimum Gasteiger partial charge on any atom is -0.361 e. The highest BCUT2D eigenvalue weighted by Crippen LogP contribution is 2.32. The number of carbonyl (C=O) groups is 1. The molecular formula is C24H23N5O. The van der Waals surface area contributed by atoms with E-state index in [9.17, 15) is 4.79 Å². The summed E-state index contributed by atoms with van der Waals surface area (Å²) < 4.78 is 0. The van der Waals surface area contributed by atoms with Crippen LogP contribution in [0.1, 0.15) is 27.3 Å². The third-order valence-electron chi connectivity index (χ3n) is 5.56. The molecule has 0 saturated heterocycles. The largest absolute Gasteiger partial charge is 0.361 e.